The number of aryl methyl sites for hydroxylation is 1. The Kier molecular flexibility index (Phi) is 5.66. The maximum Gasteiger partial charge on any atom is 0.234 e. The molecule has 1 rings (SSSR count). The number of likely N-dealkylation sites (N-methyl/N-ethyl adjacent to an activating group) is 1. The number of hydrogen-bond acceptors (Lipinski definition) is 3. The highest BCUT2D eigenvalue weighted by atomic mass is 16.2. The van der Waals surface area contributed by atoms with Crippen molar-refractivity contribution in [1.29, 1.82) is 0 Å². The van der Waals surface area contributed by atoms with Gasteiger partial charge in [0.25, 0.3) is 0 Å². The first-order chi connectivity index (χ1) is 8.11. The summed E-state index contributed by atoms with van der Waals surface area (Å²) in [5.41, 5.74) is 7.75. The van der Waals surface area contributed by atoms with Crippen molar-refractivity contribution in [1.82, 2.24) is 10.2 Å². The van der Waals surface area contributed by atoms with E-state index in [0.717, 1.165) is 12.1 Å². The lowest BCUT2D eigenvalue weighted by molar-refractivity contribution is -0.122. The third kappa shape index (κ3) is 5.47. The SMILES string of the molecule is Cc1ccc(CNC(=O)CN(C)CCN)cc1. The Morgan fingerprint density at radius 2 is 2.00 bits per heavy atom. The van der Waals surface area contributed by atoms with Gasteiger partial charge in [0.2, 0.25) is 5.91 Å². The number of amides is 1. The monoisotopic (exact) mass is 235 g/mol. The second-order valence-corrected chi connectivity index (χ2v) is 4.29. The number of nitrogens with two attached hydrogens (primary N) is 1. The number of benzene rings is 1. The van der Waals surface area contributed by atoms with Crippen LogP contribution < -0.4 is 11.1 Å². The average molecular weight is 235 g/mol. The first-order valence-corrected chi connectivity index (χ1v) is 5.82. The highest BCUT2D eigenvalue weighted by molar-refractivity contribution is 5.77. The second kappa shape index (κ2) is 7.04. The van der Waals surface area contributed by atoms with Crippen molar-refractivity contribution in [3.05, 3.63) is 35.4 Å². The molecule has 0 aliphatic rings. The lowest BCUT2D eigenvalue weighted by atomic mass is 10.1. The van der Waals surface area contributed by atoms with Crippen molar-refractivity contribution in [3.63, 3.8) is 0 Å². The van der Waals surface area contributed by atoms with Gasteiger partial charge in [-0.3, -0.25) is 9.69 Å². The highest BCUT2D eigenvalue weighted by Gasteiger charge is 2.04. The number of carbonyl (C=O) groups excluding carboxylic acids is 1. The minimum absolute atomic E-state index is 0.0292. The Balaban J connectivity index is 2.30. The van der Waals surface area contributed by atoms with Crippen LogP contribution in [-0.4, -0.2) is 37.5 Å². The highest BCUT2D eigenvalue weighted by Crippen LogP contribution is 2.02. The summed E-state index contributed by atoms with van der Waals surface area (Å²) in [7, 11) is 1.89. The van der Waals surface area contributed by atoms with Crippen LogP contribution >= 0.6 is 0 Å². The normalized spacial score (nSPS) is 10.6. The van der Waals surface area contributed by atoms with Gasteiger partial charge in [0.1, 0.15) is 0 Å². The van der Waals surface area contributed by atoms with E-state index in [1.807, 2.05) is 43.1 Å². The molecule has 0 saturated carbocycles. The van der Waals surface area contributed by atoms with Crippen LogP contribution in [0.25, 0.3) is 0 Å². The van der Waals surface area contributed by atoms with Gasteiger partial charge in [-0.1, -0.05) is 29.8 Å². The number of hydrogen-bond donors (Lipinski definition) is 2. The number of nitrogens with one attached hydrogen (secondary N) is 1. The molecule has 0 unspecified atom stereocenters. The summed E-state index contributed by atoms with van der Waals surface area (Å²) < 4.78 is 0. The topological polar surface area (TPSA) is 58.4 Å². The zero-order valence-electron chi connectivity index (χ0n) is 10.6. The van der Waals surface area contributed by atoms with E-state index in [-0.39, 0.29) is 5.91 Å². The molecular weight excluding hydrogens is 214 g/mol. The Morgan fingerprint density at radius 3 is 2.59 bits per heavy atom. The third-order valence-electron chi connectivity index (χ3n) is 2.53. The van der Waals surface area contributed by atoms with Crippen molar-refractivity contribution >= 4 is 5.91 Å². The van der Waals surface area contributed by atoms with E-state index in [2.05, 4.69) is 5.32 Å². The van der Waals surface area contributed by atoms with Crippen LogP contribution in [0.3, 0.4) is 0 Å². The van der Waals surface area contributed by atoms with Gasteiger partial charge >= 0.3 is 0 Å². The predicted octanol–water partition coefficient (Wildman–Crippen LogP) is 0.502. The van der Waals surface area contributed by atoms with Gasteiger partial charge in [-0.2, -0.15) is 0 Å². The van der Waals surface area contributed by atoms with Gasteiger partial charge in [0, 0.05) is 19.6 Å². The summed E-state index contributed by atoms with van der Waals surface area (Å²) in [6.45, 7) is 4.32. The Hall–Kier alpha value is -1.39. The Labute approximate surface area is 103 Å². The predicted molar refractivity (Wildman–Crippen MR) is 69.6 cm³/mol. The fraction of sp³-hybridized carbons (Fsp3) is 0.462. The van der Waals surface area contributed by atoms with E-state index in [1.54, 1.807) is 0 Å². The standard InChI is InChI=1S/C13H21N3O/c1-11-3-5-12(6-4-11)9-15-13(17)10-16(2)8-7-14/h3-6H,7-10,14H2,1-2H3,(H,15,17). The van der Waals surface area contributed by atoms with Crippen LogP contribution in [0.15, 0.2) is 24.3 Å². The van der Waals surface area contributed by atoms with E-state index in [1.165, 1.54) is 5.56 Å². The fourth-order valence-electron chi connectivity index (χ4n) is 1.51. The average Bonchev–Trinajstić information content (AvgIpc) is 2.28. The smallest absolute Gasteiger partial charge is 0.234 e. The van der Waals surface area contributed by atoms with Crippen LogP contribution in [0, 0.1) is 6.92 Å². The molecule has 17 heavy (non-hydrogen) atoms. The minimum Gasteiger partial charge on any atom is -0.351 e. The lowest BCUT2D eigenvalue weighted by Crippen LogP contribution is -2.37. The van der Waals surface area contributed by atoms with Crippen molar-refractivity contribution < 1.29 is 4.79 Å². The molecule has 0 radical (unpaired) electrons. The first-order valence-electron chi connectivity index (χ1n) is 5.82. The van der Waals surface area contributed by atoms with Crippen LogP contribution in [0.5, 0.6) is 0 Å². The number of rotatable bonds is 6. The van der Waals surface area contributed by atoms with Crippen molar-refractivity contribution in [2.24, 2.45) is 5.73 Å². The molecule has 4 nitrogen and oxygen atoms in total. The van der Waals surface area contributed by atoms with Gasteiger partial charge < -0.3 is 11.1 Å². The summed E-state index contributed by atoms with van der Waals surface area (Å²) in [4.78, 5) is 13.5. The largest absolute Gasteiger partial charge is 0.351 e. The van der Waals surface area contributed by atoms with Gasteiger partial charge in [-0.15, -0.1) is 0 Å². The zero-order valence-corrected chi connectivity index (χ0v) is 10.6. The van der Waals surface area contributed by atoms with Crippen LogP contribution in [0.4, 0.5) is 0 Å². The van der Waals surface area contributed by atoms with Crippen LogP contribution in [0.1, 0.15) is 11.1 Å². The molecule has 0 aliphatic carbocycles. The van der Waals surface area contributed by atoms with Crippen molar-refractivity contribution in [2.75, 3.05) is 26.7 Å². The maximum atomic E-state index is 11.6. The summed E-state index contributed by atoms with van der Waals surface area (Å²) in [5, 5.41) is 2.89. The molecule has 0 atom stereocenters. The summed E-state index contributed by atoms with van der Waals surface area (Å²) in [5.74, 6) is 0.0292. The lowest BCUT2D eigenvalue weighted by Gasteiger charge is -2.14. The maximum absolute atomic E-state index is 11.6. The molecule has 0 aromatic heterocycles. The molecule has 1 amide bonds. The van der Waals surface area contributed by atoms with Gasteiger partial charge in [0.15, 0.2) is 0 Å². The fourth-order valence-corrected chi connectivity index (χ4v) is 1.51. The van der Waals surface area contributed by atoms with E-state index in [0.29, 0.717) is 19.6 Å². The molecule has 1 aromatic carbocycles. The molecule has 1 aromatic rings. The zero-order chi connectivity index (χ0) is 12.7. The molecule has 0 saturated heterocycles. The molecule has 0 fully saturated rings. The summed E-state index contributed by atoms with van der Waals surface area (Å²) in [6, 6.07) is 8.14. The van der Waals surface area contributed by atoms with Gasteiger partial charge in [-0.25, -0.2) is 0 Å². The first kappa shape index (κ1) is 13.7. The van der Waals surface area contributed by atoms with E-state index < -0.39 is 0 Å². The Bertz CT molecular complexity index is 348. The van der Waals surface area contributed by atoms with Gasteiger partial charge in [-0.05, 0) is 19.5 Å². The number of carbonyl (C=O) groups is 1. The van der Waals surface area contributed by atoms with E-state index >= 15 is 0 Å². The molecular formula is C13H21N3O. The molecule has 0 bridgehead atoms. The van der Waals surface area contributed by atoms with Gasteiger partial charge in [0.05, 0.1) is 6.54 Å². The molecule has 0 aliphatic heterocycles. The summed E-state index contributed by atoms with van der Waals surface area (Å²) in [6.07, 6.45) is 0. The molecule has 94 valence electrons. The van der Waals surface area contributed by atoms with Crippen LogP contribution in [0.2, 0.25) is 0 Å². The van der Waals surface area contributed by atoms with Crippen molar-refractivity contribution in [2.45, 2.75) is 13.5 Å². The Morgan fingerprint density at radius 1 is 1.35 bits per heavy atom. The quantitative estimate of drug-likeness (QED) is 0.755. The van der Waals surface area contributed by atoms with Crippen molar-refractivity contribution in [3.8, 4) is 0 Å². The number of nitrogens with zero attached hydrogens (tertiary/aromatic N) is 1. The molecule has 4 heteroatoms. The molecule has 0 spiro atoms. The minimum atomic E-state index is 0.0292. The van der Waals surface area contributed by atoms with Crippen LogP contribution in [-0.2, 0) is 11.3 Å². The second-order valence-electron chi connectivity index (χ2n) is 4.29. The van der Waals surface area contributed by atoms with E-state index in [4.69, 9.17) is 5.73 Å². The summed E-state index contributed by atoms with van der Waals surface area (Å²) >= 11 is 0. The van der Waals surface area contributed by atoms with E-state index in [9.17, 15) is 4.79 Å². The molecule has 3 N–H and O–H groups in total. The third-order valence-corrected chi connectivity index (χ3v) is 2.53. The molecule has 0 heterocycles.